The van der Waals surface area contributed by atoms with Gasteiger partial charge in [-0.05, 0) is 73.0 Å². The fraction of sp³-hybridized carbons (Fsp3) is 0.233. The summed E-state index contributed by atoms with van der Waals surface area (Å²) in [7, 11) is 0. The Morgan fingerprint density at radius 1 is 1.11 bits per heavy atom. The average Bonchev–Trinajstić information content (AvgIpc) is 2.87. The summed E-state index contributed by atoms with van der Waals surface area (Å²) in [6.45, 7) is 5.18. The third-order valence-corrected chi connectivity index (χ3v) is 6.86. The zero-order valence-electron chi connectivity index (χ0n) is 20.8. The summed E-state index contributed by atoms with van der Waals surface area (Å²) in [5, 5.41) is 15.7. The fourth-order valence-corrected chi connectivity index (χ4v) is 4.93. The maximum absolute atomic E-state index is 14.1. The molecule has 7 heteroatoms. The SMILES string of the molecule is Cc1ccc(N2CC(CCN[C@H](C)c3cccc4ccccc34)Oc3cc(F)ccc32)cc1C(=O)O.Cl. The third-order valence-electron chi connectivity index (χ3n) is 6.86. The van der Waals surface area contributed by atoms with E-state index in [9.17, 15) is 14.3 Å². The third kappa shape index (κ3) is 5.55. The number of fused-ring (bicyclic) bond motifs is 2. The van der Waals surface area contributed by atoms with Gasteiger partial charge in [0.05, 0.1) is 17.8 Å². The van der Waals surface area contributed by atoms with E-state index < -0.39 is 5.97 Å². The lowest BCUT2D eigenvalue weighted by molar-refractivity contribution is 0.0696. The van der Waals surface area contributed by atoms with Crippen molar-refractivity contribution in [2.75, 3.05) is 18.0 Å². The van der Waals surface area contributed by atoms with Crippen LogP contribution in [0.1, 0.15) is 40.9 Å². The summed E-state index contributed by atoms with van der Waals surface area (Å²) in [5.41, 5.74) is 3.67. The van der Waals surface area contributed by atoms with E-state index in [1.165, 1.54) is 28.5 Å². The molecule has 2 atom stereocenters. The molecule has 5 rings (SSSR count). The molecule has 0 bridgehead atoms. The Kier molecular flexibility index (Phi) is 8.00. The molecule has 5 nitrogen and oxygen atoms in total. The topological polar surface area (TPSA) is 61.8 Å². The molecular weight excluding hydrogens is 491 g/mol. The van der Waals surface area contributed by atoms with Crippen molar-refractivity contribution in [3.63, 3.8) is 0 Å². The number of aromatic carboxylic acids is 1. The number of nitrogens with one attached hydrogen (secondary N) is 1. The highest BCUT2D eigenvalue weighted by molar-refractivity contribution is 5.91. The summed E-state index contributed by atoms with van der Waals surface area (Å²) in [4.78, 5) is 13.7. The van der Waals surface area contributed by atoms with Gasteiger partial charge in [0.2, 0.25) is 0 Å². The highest BCUT2D eigenvalue weighted by atomic mass is 35.5. The van der Waals surface area contributed by atoms with Crippen LogP contribution < -0.4 is 15.0 Å². The zero-order chi connectivity index (χ0) is 25.2. The van der Waals surface area contributed by atoms with Gasteiger partial charge in [0, 0.05) is 17.8 Å². The van der Waals surface area contributed by atoms with E-state index in [1.54, 1.807) is 25.1 Å². The van der Waals surface area contributed by atoms with Gasteiger partial charge in [0.15, 0.2) is 0 Å². The quantitative estimate of drug-likeness (QED) is 0.273. The largest absolute Gasteiger partial charge is 0.486 e. The predicted molar refractivity (Wildman–Crippen MR) is 148 cm³/mol. The van der Waals surface area contributed by atoms with Gasteiger partial charge in [-0.3, -0.25) is 0 Å². The number of anilines is 2. The lowest BCUT2D eigenvalue weighted by Gasteiger charge is -2.37. The molecule has 0 saturated heterocycles. The number of hydrogen-bond donors (Lipinski definition) is 2. The van der Waals surface area contributed by atoms with Crippen LogP contribution in [0.4, 0.5) is 15.8 Å². The minimum atomic E-state index is -0.967. The Balaban J connectivity index is 0.00000320. The van der Waals surface area contributed by atoms with Crippen molar-refractivity contribution < 1.29 is 19.0 Å². The molecule has 1 aliphatic heterocycles. The number of aryl methyl sites for hydroxylation is 1. The van der Waals surface area contributed by atoms with Gasteiger partial charge in [0.25, 0.3) is 0 Å². The Morgan fingerprint density at radius 3 is 2.70 bits per heavy atom. The van der Waals surface area contributed by atoms with Crippen molar-refractivity contribution in [1.29, 1.82) is 0 Å². The van der Waals surface area contributed by atoms with Crippen LogP contribution in [0.3, 0.4) is 0 Å². The number of halogens is 2. The second-order valence-corrected chi connectivity index (χ2v) is 9.30. The Morgan fingerprint density at radius 2 is 1.89 bits per heavy atom. The first-order valence-electron chi connectivity index (χ1n) is 12.2. The molecule has 2 N–H and O–H groups in total. The van der Waals surface area contributed by atoms with E-state index in [0.29, 0.717) is 30.8 Å². The Hall–Kier alpha value is -3.61. The molecule has 192 valence electrons. The molecule has 37 heavy (non-hydrogen) atoms. The predicted octanol–water partition coefficient (Wildman–Crippen LogP) is 7.05. The number of ether oxygens (including phenoxy) is 1. The lowest BCUT2D eigenvalue weighted by atomic mass is 9.99. The van der Waals surface area contributed by atoms with Gasteiger partial charge in [-0.2, -0.15) is 0 Å². The first-order valence-corrected chi connectivity index (χ1v) is 12.2. The van der Waals surface area contributed by atoms with Gasteiger partial charge in [0.1, 0.15) is 17.7 Å². The Bertz CT molecular complexity index is 1420. The van der Waals surface area contributed by atoms with Gasteiger partial charge >= 0.3 is 5.97 Å². The zero-order valence-corrected chi connectivity index (χ0v) is 21.6. The number of carboxylic acid groups (broad SMARTS) is 1. The smallest absolute Gasteiger partial charge is 0.336 e. The van der Waals surface area contributed by atoms with Gasteiger partial charge < -0.3 is 20.1 Å². The molecule has 0 spiro atoms. The minimum absolute atomic E-state index is 0. The molecule has 0 aromatic heterocycles. The van der Waals surface area contributed by atoms with Crippen molar-refractivity contribution in [1.82, 2.24) is 5.32 Å². The van der Waals surface area contributed by atoms with E-state index in [-0.39, 0.29) is 35.9 Å². The van der Waals surface area contributed by atoms with Crippen LogP contribution in [-0.2, 0) is 0 Å². The van der Waals surface area contributed by atoms with Crippen LogP contribution in [-0.4, -0.2) is 30.3 Å². The van der Waals surface area contributed by atoms with E-state index in [4.69, 9.17) is 4.74 Å². The Labute approximate surface area is 222 Å². The summed E-state index contributed by atoms with van der Waals surface area (Å²) in [6.07, 6.45) is 0.514. The summed E-state index contributed by atoms with van der Waals surface area (Å²) >= 11 is 0. The number of nitrogens with zero attached hydrogens (tertiary/aromatic N) is 1. The van der Waals surface area contributed by atoms with Crippen LogP contribution in [0.5, 0.6) is 5.75 Å². The van der Waals surface area contributed by atoms with E-state index in [1.807, 2.05) is 17.0 Å². The normalized spacial score (nSPS) is 15.4. The molecule has 1 aliphatic rings. The maximum Gasteiger partial charge on any atom is 0.336 e. The van der Waals surface area contributed by atoms with Gasteiger partial charge in [-0.15, -0.1) is 12.4 Å². The molecule has 1 heterocycles. The van der Waals surface area contributed by atoms with Crippen molar-refractivity contribution in [2.45, 2.75) is 32.4 Å². The number of carbonyl (C=O) groups is 1. The molecule has 4 aromatic carbocycles. The summed E-state index contributed by atoms with van der Waals surface area (Å²) in [6, 6.07) is 24.7. The molecular formula is C30H30ClFN2O3. The maximum atomic E-state index is 14.1. The van der Waals surface area contributed by atoms with Crippen LogP contribution in [0.25, 0.3) is 10.8 Å². The second-order valence-electron chi connectivity index (χ2n) is 9.30. The summed E-state index contributed by atoms with van der Waals surface area (Å²) in [5.74, 6) is -0.872. The van der Waals surface area contributed by atoms with Crippen molar-refractivity contribution >= 4 is 40.5 Å². The second kappa shape index (κ2) is 11.2. The molecule has 0 saturated carbocycles. The highest BCUT2D eigenvalue weighted by Gasteiger charge is 2.28. The fourth-order valence-electron chi connectivity index (χ4n) is 4.93. The molecule has 0 aliphatic carbocycles. The van der Waals surface area contributed by atoms with Gasteiger partial charge in [-0.25, -0.2) is 9.18 Å². The van der Waals surface area contributed by atoms with Crippen LogP contribution in [0.2, 0.25) is 0 Å². The summed E-state index contributed by atoms with van der Waals surface area (Å²) < 4.78 is 20.2. The number of carboxylic acids is 1. The standard InChI is InChI=1S/C30H29FN2O3.ClH/c1-19-10-12-23(17-27(19)30(34)35)33-18-24(36-29-16-22(31)11-13-28(29)33)14-15-32-20(2)25-9-5-7-21-6-3-4-8-26(21)25;/h3-13,16-17,20,24,32H,14-15,18H2,1-2H3,(H,34,35);1H/t20-,24?;/m1./s1. The first-order chi connectivity index (χ1) is 17.4. The molecule has 4 aromatic rings. The number of hydrogen-bond acceptors (Lipinski definition) is 4. The molecule has 1 unspecified atom stereocenters. The van der Waals surface area contributed by atoms with Crippen molar-refractivity contribution in [2.24, 2.45) is 0 Å². The van der Waals surface area contributed by atoms with Crippen LogP contribution >= 0.6 is 12.4 Å². The molecule has 0 radical (unpaired) electrons. The van der Waals surface area contributed by atoms with E-state index >= 15 is 0 Å². The van der Waals surface area contributed by atoms with Gasteiger partial charge in [-0.1, -0.05) is 48.5 Å². The van der Waals surface area contributed by atoms with Crippen molar-refractivity contribution in [3.8, 4) is 5.75 Å². The van der Waals surface area contributed by atoms with E-state index in [0.717, 1.165) is 11.4 Å². The number of rotatable bonds is 7. The van der Waals surface area contributed by atoms with Crippen LogP contribution in [0.15, 0.2) is 78.9 Å². The van der Waals surface area contributed by atoms with Crippen molar-refractivity contribution in [3.05, 3.63) is 101 Å². The minimum Gasteiger partial charge on any atom is -0.486 e. The van der Waals surface area contributed by atoms with Crippen LogP contribution in [0, 0.1) is 12.7 Å². The van der Waals surface area contributed by atoms with E-state index in [2.05, 4.69) is 48.6 Å². The molecule has 0 amide bonds. The monoisotopic (exact) mass is 520 g/mol. The lowest BCUT2D eigenvalue weighted by Crippen LogP contribution is -2.39. The highest BCUT2D eigenvalue weighted by Crippen LogP contribution is 2.39. The number of benzene rings is 4. The first kappa shape index (κ1) is 26.5. The average molecular weight is 521 g/mol. The molecule has 0 fully saturated rings.